The maximum Gasteiger partial charge on any atom is 0.348 e. The second-order valence-electron chi connectivity index (χ2n) is 9.20. The van der Waals surface area contributed by atoms with Gasteiger partial charge in [0.1, 0.15) is 16.2 Å². The van der Waals surface area contributed by atoms with E-state index >= 15 is 0 Å². The molecule has 3 rings (SSSR count). The molecule has 0 saturated heterocycles. The van der Waals surface area contributed by atoms with Crippen molar-refractivity contribution in [3.8, 4) is 5.75 Å². The second-order valence-corrected chi connectivity index (χ2v) is 11.0. The van der Waals surface area contributed by atoms with Gasteiger partial charge in [0, 0.05) is 28.6 Å². The first kappa shape index (κ1) is 26.7. The number of amides is 1. The Hall–Kier alpha value is -2.91. The number of aromatic hydroxyl groups is 1. The average Bonchev–Trinajstić information content (AvgIpc) is 3.42. The number of esters is 2. The Kier molecular flexibility index (Phi) is 8.91. The van der Waals surface area contributed by atoms with E-state index in [-0.39, 0.29) is 37.1 Å². The first-order valence-electron chi connectivity index (χ1n) is 11.5. The van der Waals surface area contributed by atoms with Gasteiger partial charge < -0.3 is 19.5 Å². The molecule has 188 valence electrons. The molecule has 0 aliphatic carbocycles. The van der Waals surface area contributed by atoms with Crippen molar-refractivity contribution in [1.29, 1.82) is 0 Å². The lowest BCUT2D eigenvalue weighted by molar-refractivity contribution is -0.144. The number of phenolic OH excluding ortho intramolecular Hbond substituents is 1. The van der Waals surface area contributed by atoms with Gasteiger partial charge in [0.05, 0.1) is 18.6 Å². The van der Waals surface area contributed by atoms with Crippen molar-refractivity contribution >= 4 is 50.6 Å². The monoisotopic (exact) mass is 517 g/mol. The molecule has 0 unspecified atom stereocenters. The van der Waals surface area contributed by atoms with Gasteiger partial charge in [0.2, 0.25) is 0 Å². The normalized spacial score (nSPS) is 11.4. The standard InChI is InChI=1S/C26H31NO6S2/c1-5-6-11-32-23(29)9-10-27(14-17-12-22(34-15-17)25(31)33-26(2,3)4)24(30)20-16-35-21-13-18(28)7-8-19(20)21/h7-8,12-13,15-16,28H,5-6,9-11,14H2,1-4H3. The van der Waals surface area contributed by atoms with Gasteiger partial charge >= 0.3 is 11.9 Å². The summed E-state index contributed by atoms with van der Waals surface area (Å²) in [5.74, 6) is -0.850. The van der Waals surface area contributed by atoms with Gasteiger partial charge in [-0.2, -0.15) is 0 Å². The zero-order valence-corrected chi connectivity index (χ0v) is 22.1. The zero-order valence-electron chi connectivity index (χ0n) is 20.5. The highest BCUT2D eigenvalue weighted by Gasteiger charge is 2.23. The number of hydrogen-bond acceptors (Lipinski definition) is 8. The summed E-state index contributed by atoms with van der Waals surface area (Å²) in [5.41, 5.74) is 0.684. The van der Waals surface area contributed by atoms with Gasteiger partial charge in [-0.25, -0.2) is 4.79 Å². The topological polar surface area (TPSA) is 93.1 Å². The molecule has 2 aromatic heterocycles. The summed E-state index contributed by atoms with van der Waals surface area (Å²) >= 11 is 2.63. The molecule has 1 aromatic carbocycles. The minimum atomic E-state index is -0.601. The number of carbonyl (C=O) groups is 3. The highest BCUT2D eigenvalue weighted by Crippen LogP contribution is 2.30. The van der Waals surface area contributed by atoms with Crippen LogP contribution in [-0.2, 0) is 20.8 Å². The fourth-order valence-electron chi connectivity index (χ4n) is 3.35. The van der Waals surface area contributed by atoms with Crippen LogP contribution in [-0.4, -0.2) is 46.6 Å². The number of phenols is 1. The SMILES string of the molecule is CCCCOC(=O)CCN(Cc1csc(C(=O)OC(C)(C)C)c1)C(=O)c1csc2cc(O)ccc12. The second kappa shape index (κ2) is 11.7. The van der Waals surface area contributed by atoms with Crippen LogP contribution >= 0.6 is 22.7 Å². The molecule has 35 heavy (non-hydrogen) atoms. The number of rotatable bonds is 10. The summed E-state index contributed by atoms with van der Waals surface area (Å²) in [6.45, 7) is 8.23. The molecule has 1 N–H and O–H groups in total. The van der Waals surface area contributed by atoms with Crippen molar-refractivity contribution in [2.24, 2.45) is 0 Å². The fourth-order valence-corrected chi connectivity index (χ4v) is 5.09. The highest BCUT2D eigenvalue weighted by molar-refractivity contribution is 7.17. The van der Waals surface area contributed by atoms with E-state index in [1.54, 1.807) is 34.5 Å². The van der Waals surface area contributed by atoms with Crippen LogP contribution in [0.2, 0.25) is 0 Å². The van der Waals surface area contributed by atoms with Gasteiger partial charge in [0.25, 0.3) is 5.91 Å². The van der Waals surface area contributed by atoms with Gasteiger partial charge in [-0.05, 0) is 62.4 Å². The average molecular weight is 518 g/mol. The van der Waals surface area contributed by atoms with E-state index < -0.39 is 11.6 Å². The molecule has 9 heteroatoms. The van der Waals surface area contributed by atoms with E-state index in [2.05, 4.69) is 0 Å². The Morgan fingerprint density at radius 2 is 1.86 bits per heavy atom. The van der Waals surface area contributed by atoms with Crippen molar-refractivity contribution in [2.45, 2.75) is 59.1 Å². The van der Waals surface area contributed by atoms with Gasteiger partial charge in [-0.1, -0.05) is 13.3 Å². The van der Waals surface area contributed by atoms with Crippen molar-refractivity contribution in [1.82, 2.24) is 4.90 Å². The molecule has 3 aromatic rings. The van der Waals surface area contributed by atoms with E-state index in [0.29, 0.717) is 17.0 Å². The van der Waals surface area contributed by atoms with Crippen LogP contribution in [0.5, 0.6) is 5.75 Å². The number of unbranched alkanes of at least 4 members (excludes halogenated alkanes) is 1. The lowest BCUT2D eigenvalue weighted by Gasteiger charge is -2.22. The lowest BCUT2D eigenvalue weighted by Crippen LogP contribution is -2.32. The molecule has 0 atom stereocenters. The highest BCUT2D eigenvalue weighted by atomic mass is 32.1. The lowest BCUT2D eigenvalue weighted by atomic mass is 10.1. The van der Waals surface area contributed by atoms with Crippen LogP contribution in [0, 0.1) is 0 Å². The fraction of sp³-hybridized carbons (Fsp3) is 0.423. The van der Waals surface area contributed by atoms with Crippen LogP contribution in [0.4, 0.5) is 0 Å². The third-order valence-electron chi connectivity index (χ3n) is 5.05. The largest absolute Gasteiger partial charge is 0.508 e. The Morgan fingerprint density at radius 3 is 2.57 bits per heavy atom. The van der Waals surface area contributed by atoms with Crippen LogP contribution in [0.1, 0.15) is 72.6 Å². The number of carbonyl (C=O) groups excluding carboxylic acids is 3. The van der Waals surface area contributed by atoms with Crippen molar-refractivity contribution in [3.63, 3.8) is 0 Å². The Labute approximate surface area is 213 Å². The Balaban J connectivity index is 1.79. The minimum absolute atomic E-state index is 0.0708. The molecule has 2 heterocycles. The molecule has 0 aliphatic heterocycles. The molecule has 0 saturated carbocycles. The predicted octanol–water partition coefficient (Wildman–Crippen LogP) is 6.00. The third-order valence-corrected chi connectivity index (χ3v) is 6.96. The summed E-state index contributed by atoms with van der Waals surface area (Å²) in [5, 5.41) is 14.1. The maximum atomic E-state index is 13.5. The van der Waals surface area contributed by atoms with Crippen molar-refractivity contribution in [3.05, 3.63) is 51.0 Å². The minimum Gasteiger partial charge on any atom is -0.508 e. The van der Waals surface area contributed by atoms with Crippen molar-refractivity contribution < 1.29 is 29.0 Å². The van der Waals surface area contributed by atoms with Crippen LogP contribution in [0.25, 0.3) is 10.1 Å². The summed E-state index contributed by atoms with van der Waals surface area (Å²) < 4.78 is 11.5. The number of ether oxygens (including phenoxy) is 2. The number of fused-ring (bicyclic) bond motifs is 1. The maximum absolute atomic E-state index is 13.5. The van der Waals surface area contributed by atoms with Gasteiger partial charge in [-0.15, -0.1) is 22.7 Å². The van der Waals surface area contributed by atoms with E-state index in [4.69, 9.17) is 9.47 Å². The zero-order chi connectivity index (χ0) is 25.6. The number of thiophene rings is 2. The Bertz CT molecular complexity index is 1190. The van der Waals surface area contributed by atoms with Crippen molar-refractivity contribution in [2.75, 3.05) is 13.2 Å². The number of benzene rings is 1. The summed E-state index contributed by atoms with van der Waals surface area (Å²) in [4.78, 5) is 40.2. The van der Waals surface area contributed by atoms with Crippen LogP contribution < -0.4 is 0 Å². The first-order valence-corrected chi connectivity index (χ1v) is 13.3. The summed E-state index contributed by atoms with van der Waals surface area (Å²) in [6.07, 6.45) is 1.79. The smallest absolute Gasteiger partial charge is 0.348 e. The van der Waals surface area contributed by atoms with E-state index in [0.717, 1.165) is 28.5 Å². The molecule has 0 fully saturated rings. The number of nitrogens with zero attached hydrogens (tertiary/aromatic N) is 1. The van der Waals surface area contributed by atoms with Gasteiger partial charge in [0.15, 0.2) is 0 Å². The van der Waals surface area contributed by atoms with E-state index in [1.807, 2.05) is 33.1 Å². The summed E-state index contributed by atoms with van der Waals surface area (Å²) in [6, 6.07) is 6.62. The number of hydrogen-bond donors (Lipinski definition) is 1. The first-order chi connectivity index (χ1) is 16.6. The molecular weight excluding hydrogens is 486 g/mol. The van der Waals surface area contributed by atoms with Crippen LogP contribution in [0.15, 0.2) is 35.0 Å². The summed E-state index contributed by atoms with van der Waals surface area (Å²) in [7, 11) is 0. The molecular formula is C26H31NO6S2. The molecule has 7 nitrogen and oxygen atoms in total. The molecule has 0 spiro atoms. The third kappa shape index (κ3) is 7.53. The molecule has 1 amide bonds. The quantitative estimate of drug-likeness (QED) is 0.262. The van der Waals surface area contributed by atoms with Gasteiger partial charge in [-0.3, -0.25) is 9.59 Å². The van der Waals surface area contributed by atoms with E-state index in [1.165, 1.54) is 22.7 Å². The molecule has 0 bridgehead atoms. The molecule has 0 radical (unpaired) electrons. The van der Waals surface area contributed by atoms with Crippen LogP contribution in [0.3, 0.4) is 0 Å². The molecule has 0 aliphatic rings. The predicted molar refractivity (Wildman–Crippen MR) is 138 cm³/mol. The van der Waals surface area contributed by atoms with E-state index in [9.17, 15) is 19.5 Å². The Morgan fingerprint density at radius 1 is 1.09 bits per heavy atom.